The summed E-state index contributed by atoms with van der Waals surface area (Å²) in [5, 5.41) is 12.1. The number of rotatable bonds is 43. The van der Waals surface area contributed by atoms with Crippen LogP contribution in [0, 0.1) is 5.41 Å². The first kappa shape index (κ1) is 108. The minimum atomic E-state index is -2.40. The molecule has 7 heterocycles. The van der Waals surface area contributed by atoms with Gasteiger partial charge in [-0.15, -0.1) is 0 Å². The van der Waals surface area contributed by atoms with Crippen molar-refractivity contribution in [1.29, 1.82) is 5.41 Å². The molecular weight excluding hydrogens is 1820 g/mol. The van der Waals surface area contributed by atoms with Crippen molar-refractivity contribution in [2.24, 2.45) is 5.11 Å². The van der Waals surface area contributed by atoms with Crippen molar-refractivity contribution < 1.29 is 209 Å². The average Bonchev–Trinajstić information content (AvgIpc) is 0.759. The zero-order valence-corrected chi connectivity index (χ0v) is 77.3. The molecule has 0 aliphatic carbocycles. The van der Waals surface area contributed by atoms with Gasteiger partial charge in [-0.1, -0.05) is 58.1 Å². The lowest BCUT2D eigenvalue weighted by molar-refractivity contribution is -0.402. The fraction of sp³-hybridized carbons (Fsp3) is 0.797. The van der Waals surface area contributed by atoms with Gasteiger partial charge in [0.2, 0.25) is 12.2 Å². The third kappa shape index (κ3) is 28.2. The Morgan fingerprint density at radius 1 is 0.315 bits per heavy atom. The summed E-state index contributed by atoms with van der Waals surface area (Å²) >= 11 is 17.9. The van der Waals surface area contributed by atoms with Crippen LogP contribution in [0.3, 0.4) is 0 Å². The Balaban J connectivity index is 1.11. The second kappa shape index (κ2) is 51.7. The fourth-order valence-corrected chi connectivity index (χ4v) is 16.1. The molecule has 0 saturated carbocycles. The highest BCUT2D eigenvalue weighted by Crippen LogP contribution is 2.44. The number of azide groups is 1. The van der Waals surface area contributed by atoms with E-state index in [9.17, 15) is 48.7 Å². The number of benzene rings is 1. The van der Waals surface area contributed by atoms with Gasteiger partial charge in [0.25, 0.3) is 3.79 Å². The van der Waals surface area contributed by atoms with E-state index in [4.69, 9.17) is 206 Å². The summed E-state index contributed by atoms with van der Waals surface area (Å²) in [5.74, 6) is -9.39. The predicted molar refractivity (Wildman–Crippen MR) is 429 cm³/mol. The van der Waals surface area contributed by atoms with E-state index in [0.717, 1.165) is 55.4 Å². The van der Waals surface area contributed by atoms with E-state index in [1.807, 2.05) is 0 Å². The molecule has 0 spiro atoms. The molecule has 0 amide bonds. The Morgan fingerprint density at radius 2 is 0.562 bits per heavy atom. The van der Waals surface area contributed by atoms with Crippen LogP contribution >= 0.6 is 34.8 Å². The maximum atomic E-state index is 14.1. The molecule has 130 heavy (non-hydrogen) atoms. The summed E-state index contributed by atoms with van der Waals surface area (Å²) in [7, 11) is 16.1. The molecule has 0 bridgehead atoms. The van der Waals surface area contributed by atoms with Crippen LogP contribution in [-0.4, -0.2) is 410 Å². The summed E-state index contributed by atoms with van der Waals surface area (Å²) in [5.41, 5.74) is 9.89. The van der Waals surface area contributed by atoms with E-state index >= 15 is 0 Å². The van der Waals surface area contributed by atoms with Gasteiger partial charge in [0.05, 0.1) is 25.4 Å². The van der Waals surface area contributed by atoms with Crippen molar-refractivity contribution in [2.75, 3.05) is 132 Å². The molecule has 51 heteroatoms. The number of nitrogens with one attached hydrogen (secondary N) is 1. The van der Waals surface area contributed by atoms with Crippen molar-refractivity contribution in [3.05, 3.63) is 46.3 Å². The molecule has 7 aliphatic heterocycles. The number of alkyl halides is 3. The van der Waals surface area contributed by atoms with Crippen LogP contribution in [0.1, 0.15) is 65.7 Å². The summed E-state index contributed by atoms with van der Waals surface area (Å²) < 4.78 is 215. The summed E-state index contributed by atoms with van der Waals surface area (Å²) in [4.78, 5) is 121. The first-order valence-electron chi connectivity index (χ1n) is 40.5. The molecule has 35 atom stereocenters. The van der Waals surface area contributed by atoms with E-state index < -0.39 is 305 Å². The van der Waals surface area contributed by atoms with Gasteiger partial charge >= 0.3 is 53.7 Å². The number of hydrogen-bond donors (Lipinski definition) is 1. The number of halogens is 3. The van der Waals surface area contributed by atoms with E-state index in [1.54, 1.807) is 18.2 Å². The molecule has 736 valence electrons. The molecule has 1 N–H and O–H groups in total. The third-order valence-electron chi connectivity index (χ3n) is 21.3. The van der Waals surface area contributed by atoms with Crippen molar-refractivity contribution in [3.63, 3.8) is 0 Å². The quantitative estimate of drug-likeness (QED) is 0.0142. The molecule has 8 rings (SSSR count). The second-order valence-corrected chi connectivity index (χ2v) is 32.2. The smallest absolute Gasteiger partial charge is 0.338 e. The number of methoxy groups -OCH3 is 12. The summed E-state index contributed by atoms with van der Waals surface area (Å²) in [6, 6.07) is 6.33. The third-order valence-corrected chi connectivity index (χ3v) is 21.8. The van der Waals surface area contributed by atoms with Gasteiger partial charge in [-0.25, -0.2) is 4.79 Å². The minimum Gasteiger partial charge on any atom is -0.463 e. The van der Waals surface area contributed by atoms with Crippen LogP contribution in [0.25, 0.3) is 10.4 Å². The highest BCUT2D eigenvalue weighted by molar-refractivity contribution is 6.76. The highest BCUT2D eigenvalue weighted by Gasteiger charge is 2.63. The molecule has 1 aromatic rings. The van der Waals surface area contributed by atoms with Gasteiger partial charge in [0.1, 0.15) is 167 Å². The lowest BCUT2D eigenvalue weighted by atomic mass is 9.94. The summed E-state index contributed by atoms with van der Waals surface area (Å²) in [6.45, 7) is 4.65. The Morgan fingerprint density at radius 3 is 0.838 bits per heavy atom. The van der Waals surface area contributed by atoms with Gasteiger partial charge in [0.15, 0.2) is 68.3 Å². The van der Waals surface area contributed by atoms with Gasteiger partial charge in [-0.3, -0.25) is 43.8 Å². The highest BCUT2D eigenvalue weighted by atomic mass is 35.6. The Labute approximate surface area is 762 Å². The van der Waals surface area contributed by atoms with Gasteiger partial charge in [-0.2, -0.15) is 0 Å². The lowest BCUT2D eigenvalue weighted by Gasteiger charge is -2.52. The van der Waals surface area contributed by atoms with E-state index in [-0.39, 0.29) is 25.4 Å². The summed E-state index contributed by atoms with van der Waals surface area (Å²) in [6.07, 6.45) is -51.3. The van der Waals surface area contributed by atoms with Crippen molar-refractivity contribution in [2.45, 2.75) is 274 Å². The monoisotopic (exact) mass is 1930 g/mol. The van der Waals surface area contributed by atoms with E-state index in [1.165, 1.54) is 97.5 Å². The Kier molecular flexibility index (Phi) is 43.1. The minimum absolute atomic E-state index is 0.0896. The van der Waals surface area contributed by atoms with E-state index in [2.05, 4.69) is 10.0 Å². The number of hydrogen-bond acceptors (Lipinski definition) is 46. The van der Waals surface area contributed by atoms with Crippen molar-refractivity contribution >= 4 is 94.4 Å². The maximum Gasteiger partial charge on any atom is 0.338 e. The molecule has 7 fully saturated rings. The van der Waals surface area contributed by atoms with Crippen LogP contribution in [0.2, 0.25) is 0 Å². The molecule has 0 radical (unpaired) electrons. The normalized spacial score (nSPS) is 36.3. The molecule has 0 aromatic heterocycles. The Bertz CT molecular complexity index is 3860. The maximum absolute atomic E-state index is 14.1. The number of carbonyl (C=O) groups excluding carboxylic acids is 9. The van der Waals surface area contributed by atoms with Crippen LogP contribution in [0.15, 0.2) is 35.4 Å². The zero-order chi connectivity index (χ0) is 95.7. The number of esters is 9. The molecule has 19 unspecified atom stereocenters. The number of ether oxygens (including phenoxy) is 35. The zero-order valence-electron chi connectivity index (χ0n) is 75.0. The molecule has 48 nitrogen and oxygen atoms in total. The van der Waals surface area contributed by atoms with Gasteiger partial charge < -0.3 is 166 Å². The second-order valence-electron chi connectivity index (χ2n) is 30.0. The standard InChI is InChI=1S/C79H115Cl3N4O44/c1-33(87)108-29-45-50(57(99-12)49(85-86-84)71(117-45)130-78(83)79(80,81)82)124-72-64(104-17)58(100-13)51(42(118-72)26-96-9)125-73-65(105-18)59(101-14)52(43(119-73)27-97-10)126-74-66(106-19)60(102-15)53(44(120-74)28-98-11)127-75-67(107-20)61(103-16)54(48(121-75)32-111-70(95)41-24-22-21-23-25-41)128-76-69(116-40(8)94)63(114-38(6)92)56(47(123-76)31-110-35(3)89)129-77-68(115-39(7)93)62(113-37(5)91)55(112-36(4)90)46(122-77)30-109-34(2)88/h21-25,42-69,71-77,83H,26-32H2,1-20H3/t42?,43?,44?,45?,46?,47?,48?,49-,50+,51-,52-,53+,54+,55-,56-,57?,58?,59?,60?,61?,62?,63?,64?,65?,66-,67-,68?,69?,71?,72-,73-,74+,75+,76-,77-/m1/s1. The molecular formula is C79H115Cl3N4O44. The Hall–Kier alpha value is -6.90. The molecule has 1 aromatic carbocycles. The first-order chi connectivity index (χ1) is 61.9. The number of carbonyl (C=O) groups is 9. The lowest BCUT2D eigenvalue weighted by Crippen LogP contribution is -2.69. The van der Waals surface area contributed by atoms with Crippen LogP contribution in [0.4, 0.5) is 0 Å². The van der Waals surface area contributed by atoms with Crippen molar-refractivity contribution in [3.8, 4) is 0 Å². The van der Waals surface area contributed by atoms with Crippen LogP contribution in [0.5, 0.6) is 0 Å². The average molecular weight is 1930 g/mol. The molecule has 7 aliphatic rings. The topological polar surface area (TPSA) is 549 Å². The molecule has 7 saturated heterocycles. The van der Waals surface area contributed by atoms with Crippen LogP contribution < -0.4 is 0 Å². The first-order valence-corrected chi connectivity index (χ1v) is 41.7. The fourth-order valence-electron chi connectivity index (χ4n) is 16.0. The van der Waals surface area contributed by atoms with Gasteiger partial charge in [-0.05, 0) is 17.7 Å². The largest absolute Gasteiger partial charge is 0.463 e. The van der Waals surface area contributed by atoms with Crippen LogP contribution in [-0.2, 0) is 204 Å². The SMILES string of the molecule is COCC1O[C@H](O[C@H]2C(COC(C)=O)OC(OC(=N)C(Cl)(Cl)Cl)[C@H](N=[N+]=[N-])C2OC)C(OC)C(OC)[C@@H]1O[C@H]1OC(COC)[C@@H](O[C@@H]2OC(COC)[C@H](O[C@@H]3OC(COC(=O)c4ccccc4)[C@H](O[C@H]4OC(COC(C)=O)[C@@H](O[C@H]5OC(COC(C)=O)[C@@H](OC(C)=O)C(OC(C)=O)C5OC(C)=O)C(OC(C)=O)C4OC(C)=O)C(OC)[C@H]3OC)C(OC)[C@H]2OC)C(OC)C1OC. The van der Waals surface area contributed by atoms with Gasteiger partial charge in [0, 0.05) is 146 Å². The van der Waals surface area contributed by atoms with Crippen molar-refractivity contribution in [1.82, 2.24) is 0 Å². The predicted octanol–water partition coefficient (Wildman–Crippen LogP) is 1.69. The van der Waals surface area contributed by atoms with E-state index in [0.29, 0.717) is 0 Å². The number of nitrogens with zero attached hydrogens (tertiary/aromatic N) is 3.